The van der Waals surface area contributed by atoms with Crippen molar-refractivity contribution < 1.29 is 9.13 Å². The lowest BCUT2D eigenvalue weighted by atomic mass is 10.1. The predicted octanol–water partition coefficient (Wildman–Crippen LogP) is 3.18. The van der Waals surface area contributed by atoms with E-state index in [0.29, 0.717) is 31.1 Å². The Balaban J connectivity index is 1.45. The molecule has 0 unspecified atom stereocenters. The summed E-state index contributed by atoms with van der Waals surface area (Å²) in [5.41, 5.74) is 2.50. The molecule has 3 heterocycles. The molecule has 1 aliphatic rings. The molecule has 0 spiro atoms. The Morgan fingerprint density at radius 3 is 2.65 bits per heavy atom. The molecule has 3 aromatic rings. The van der Waals surface area contributed by atoms with Crippen LogP contribution in [-0.2, 0) is 11.2 Å². The molecule has 132 valence electrons. The Kier molecular flexibility index (Phi) is 4.84. The molecule has 0 amide bonds. The quantitative estimate of drug-likeness (QED) is 0.723. The first-order chi connectivity index (χ1) is 12.8. The molecule has 1 aromatic carbocycles. The number of aromatic nitrogens is 3. The van der Waals surface area contributed by atoms with Gasteiger partial charge in [0.2, 0.25) is 5.95 Å². The molecule has 1 aliphatic heterocycles. The lowest BCUT2D eigenvalue weighted by molar-refractivity contribution is 0.0364. The van der Waals surface area contributed by atoms with E-state index in [1.807, 2.05) is 18.2 Å². The molecule has 1 fully saturated rings. The van der Waals surface area contributed by atoms with E-state index in [4.69, 9.17) is 4.74 Å². The maximum atomic E-state index is 13.8. The summed E-state index contributed by atoms with van der Waals surface area (Å²) in [6.07, 6.45) is 5.67. The number of anilines is 1. The van der Waals surface area contributed by atoms with Crippen molar-refractivity contribution >= 4 is 5.95 Å². The van der Waals surface area contributed by atoms with E-state index < -0.39 is 0 Å². The fourth-order valence-electron chi connectivity index (χ4n) is 3.06. The Labute approximate surface area is 151 Å². The van der Waals surface area contributed by atoms with Gasteiger partial charge in [-0.15, -0.1) is 0 Å². The highest BCUT2D eigenvalue weighted by Gasteiger charge is 2.24. The minimum Gasteiger partial charge on any atom is -0.368 e. The Bertz CT molecular complexity index is 857. The number of halogens is 1. The molecule has 5 nitrogen and oxygen atoms in total. The lowest BCUT2D eigenvalue weighted by Crippen LogP contribution is -2.39. The summed E-state index contributed by atoms with van der Waals surface area (Å²) in [6, 6.07) is 12.6. The number of pyridine rings is 1. The number of benzene rings is 1. The molecule has 6 heteroatoms. The third kappa shape index (κ3) is 3.70. The van der Waals surface area contributed by atoms with Gasteiger partial charge in [0.1, 0.15) is 11.9 Å². The van der Waals surface area contributed by atoms with Gasteiger partial charge < -0.3 is 9.64 Å². The first-order valence-electron chi connectivity index (χ1n) is 8.61. The summed E-state index contributed by atoms with van der Waals surface area (Å²) in [7, 11) is 0. The SMILES string of the molecule is Fc1ccccc1Cc1ccc([C@H]2CN(c3ncccn3)CCO2)nc1. The third-order valence-corrected chi connectivity index (χ3v) is 4.43. The van der Waals surface area contributed by atoms with E-state index in [9.17, 15) is 4.39 Å². The van der Waals surface area contributed by atoms with Gasteiger partial charge in [-0.1, -0.05) is 24.3 Å². The number of ether oxygens (including phenoxy) is 1. The molecule has 2 aromatic heterocycles. The normalized spacial score (nSPS) is 17.3. The van der Waals surface area contributed by atoms with Crippen LogP contribution in [0.4, 0.5) is 10.3 Å². The minimum absolute atomic E-state index is 0.130. The van der Waals surface area contributed by atoms with Crippen LogP contribution in [0.15, 0.2) is 61.1 Å². The molecule has 0 saturated carbocycles. The summed E-state index contributed by atoms with van der Waals surface area (Å²) >= 11 is 0. The van der Waals surface area contributed by atoms with Crippen molar-refractivity contribution in [3.05, 3.63) is 83.7 Å². The molecule has 0 N–H and O–H groups in total. The zero-order valence-corrected chi connectivity index (χ0v) is 14.3. The van der Waals surface area contributed by atoms with Crippen LogP contribution in [0.5, 0.6) is 0 Å². The van der Waals surface area contributed by atoms with Crippen LogP contribution in [-0.4, -0.2) is 34.6 Å². The van der Waals surface area contributed by atoms with Crippen LogP contribution in [0.3, 0.4) is 0 Å². The van der Waals surface area contributed by atoms with Gasteiger partial charge in [0.05, 0.1) is 18.8 Å². The Hall–Kier alpha value is -2.86. The summed E-state index contributed by atoms with van der Waals surface area (Å²) < 4.78 is 19.7. The highest BCUT2D eigenvalue weighted by atomic mass is 19.1. The number of hydrogen-bond donors (Lipinski definition) is 0. The Morgan fingerprint density at radius 2 is 1.88 bits per heavy atom. The van der Waals surface area contributed by atoms with Crippen molar-refractivity contribution in [1.82, 2.24) is 15.0 Å². The van der Waals surface area contributed by atoms with Crippen LogP contribution < -0.4 is 4.90 Å². The predicted molar refractivity (Wildman–Crippen MR) is 96.4 cm³/mol. The zero-order valence-electron chi connectivity index (χ0n) is 14.3. The van der Waals surface area contributed by atoms with Crippen molar-refractivity contribution in [1.29, 1.82) is 0 Å². The van der Waals surface area contributed by atoms with Gasteiger partial charge in [-0.3, -0.25) is 4.98 Å². The van der Waals surface area contributed by atoms with Crippen LogP contribution in [0.25, 0.3) is 0 Å². The van der Waals surface area contributed by atoms with Crippen molar-refractivity contribution in [2.45, 2.75) is 12.5 Å². The molecule has 26 heavy (non-hydrogen) atoms. The molecule has 1 atom stereocenters. The molecule has 1 saturated heterocycles. The van der Waals surface area contributed by atoms with Gasteiger partial charge in [0, 0.05) is 31.6 Å². The van der Waals surface area contributed by atoms with Crippen molar-refractivity contribution in [3.8, 4) is 0 Å². The van der Waals surface area contributed by atoms with E-state index in [1.165, 1.54) is 6.07 Å². The minimum atomic E-state index is -0.189. The lowest BCUT2D eigenvalue weighted by Gasteiger charge is -2.32. The average molecular weight is 350 g/mol. The molecular formula is C20H19FN4O. The van der Waals surface area contributed by atoms with E-state index in [0.717, 1.165) is 17.8 Å². The fraction of sp³-hybridized carbons (Fsp3) is 0.250. The van der Waals surface area contributed by atoms with E-state index in [-0.39, 0.29) is 11.9 Å². The third-order valence-electron chi connectivity index (χ3n) is 4.43. The molecule has 0 radical (unpaired) electrons. The molecule has 4 rings (SSSR count). The number of nitrogens with zero attached hydrogens (tertiary/aromatic N) is 4. The zero-order chi connectivity index (χ0) is 17.8. The monoisotopic (exact) mass is 350 g/mol. The second-order valence-corrected chi connectivity index (χ2v) is 6.21. The van der Waals surface area contributed by atoms with Gasteiger partial charge >= 0.3 is 0 Å². The molecular weight excluding hydrogens is 331 g/mol. The Morgan fingerprint density at radius 1 is 1.04 bits per heavy atom. The largest absolute Gasteiger partial charge is 0.368 e. The van der Waals surface area contributed by atoms with Gasteiger partial charge in [0.25, 0.3) is 0 Å². The fourth-order valence-corrected chi connectivity index (χ4v) is 3.06. The number of morpholine rings is 1. The first kappa shape index (κ1) is 16.6. The smallest absolute Gasteiger partial charge is 0.225 e. The molecule has 0 aliphatic carbocycles. The van der Waals surface area contributed by atoms with Crippen molar-refractivity contribution in [3.63, 3.8) is 0 Å². The highest BCUT2D eigenvalue weighted by Crippen LogP contribution is 2.23. The maximum Gasteiger partial charge on any atom is 0.225 e. The average Bonchev–Trinajstić information content (AvgIpc) is 2.71. The van der Waals surface area contributed by atoms with Gasteiger partial charge in [-0.05, 0) is 29.3 Å². The first-order valence-corrected chi connectivity index (χ1v) is 8.61. The van der Waals surface area contributed by atoms with Crippen molar-refractivity contribution in [2.24, 2.45) is 0 Å². The summed E-state index contributed by atoms with van der Waals surface area (Å²) in [6.45, 7) is 2.01. The van der Waals surface area contributed by atoms with Crippen LogP contribution in [0.1, 0.15) is 22.9 Å². The second-order valence-electron chi connectivity index (χ2n) is 6.21. The van der Waals surface area contributed by atoms with Crippen molar-refractivity contribution in [2.75, 3.05) is 24.6 Å². The molecule has 0 bridgehead atoms. The van der Waals surface area contributed by atoms with Gasteiger partial charge in [-0.2, -0.15) is 0 Å². The summed E-state index contributed by atoms with van der Waals surface area (Å²) in [4.78, 5) is 15.2. The van der Waals surface area contributed by atoms with E-state index >= 15 is 0 Å². The summed E-state index contributed by atoms with van der Waals surface area (Å²) in [5.74, 6) is 0.516. The summed E-state index contributed by atoms with van der Waals surface area (Å²) in [5, 5.41) is 0. The van der Waals surface area contributed by atoms with Crippen LogP contribution in [0, 0.1) is 5.82 Å². The number of rotatable bonds is 4. The van der Waals surface area contributed by atoms with E-state index in [2.05, 4.69) is 19.9 Å². The second kappa shape index (κ2) is 7.58. The highest BCUT2D eigenvalue weighted by molar-refractivity contribution is 5.31. The van der Waals surface area contributed by atoms with E-state index in [1.54, 1.807) is 36.8 Å². The van der Waals surface area contributed by atoms with Gasteiger partial charge in [0.15, 0.2) is 0 Å². The topological polar surface area (TPSA) is 51.1 Å². The maximum absolute atomic E-state index is 13.8. The van der Waals surface area contributed by atoms with Crippen LogP contribution >= 0.6 is 0 Å². The van der Waals surface area contributed by atoms with Crippen LogP contribution in [0.2, 0.25) is 0 Å². The number of hydrogen-bond acceptors (Lipinski definition) is 5. The standard InChI is InChI=1S/C20H19FN4O/c21-17-5-2-1-4-16(17)12-15-6-7-18(24-13-15)19-14-25(10-11-26-19)20-22-8-3-9-23-20/h1-9,13,19H,10-12,14H2/t19-/m1/s1. The van der Waals surface area contributed by atoms with Gasteiger partial charge in [-0.25, -0.2) is 14.4 Å².